The Kier molecular flexibility index (Phi) is 9.86. The van der Waals surface area contributed by atoms with E-state index in [2.05, 4.69) is 47.6 Å². The van der Waals surface area contributed by atoms with Gasteiger partial charge in [0.25, 0.3) is 0 Å². The van der Waals surface area contributed by atoms with Crippen LogP contribution in [-0.2, 0) is 14.3 Å². The highest BCUT2D eigenvalue weighted by Gasteiger charge is 2.21. The van der Waals surface area contributed by atoms with Crippen LogP contribution in [0.2, 0.25) is 5.02 Å². The fourth-order valence-electron chi connectivity index (χ4n) is 4.09. The minimum Gasteiger partial charge on any atom is -0.453 e. The molecule has 2 bridgehead atoms. The Balaban J connectivity index is 1.57. The molecule has 15 heteroatoms. The molecule has 0 saturated heterocycles. The summed E-state index contributed by atoms with van der Waals surface area (Å²) < 4.78 is 9.95. The molecule has 42 heavy (non-hydrogen) atoms. The van der Waals surface area contributed by atoms with E-state index >= 15 is 0 Å². The molecule has 2 aromatic carbocycles. The molecule has 4 rings (SSSR count). The number of nitrogens with two attached hydrogens (primary N) is 1. The zero-order valence-corrected chi connectivity index (χ0v) is 23.2. The number of nitrogens with zero attached hydrogens (tertiary/aromatic N) is 4. The lowest BCUT2D eigenvalue weighted by molar-refractivity contribution is -0.117. The Morgan fingerprint density at radius 3 is 2.93 bits per heavy atom. The summed E-state index contributed by atoms with van der Waals surface area (Å²) in [5.74, 6) is 6.12. The summed E-state index contributed by atoms with van der Waals surface area (Å²) in [7, 11) is 1.25. The van der Waals surface area contributed by atoms with E-state index in [9.17, 15) is 14.4 Å². The summed E-state index contributed by atoms with van der Waals surface area (Å²) in [6, 6.07) is 9.35. The summed E-state index contributed by atoms with van der Waals surface area (Å²) >= 11 is 6.16. The van der Waals surface area contributed by atoms with Crippen molar-refractivity contribution in [2.75, 3.05) is 29.4 Å². The molecule has 1 aromatic heterocycles. The van der Waals surface area contributed by atoms with Gasteiger partial charge in [-0.1, -0.05) is 11.6 Å². The van der Waals surface area contributed by atoms with Crippen molar-refractivity contribution < 1.29 is 23.9 Å². The Morgan fingerprint density at radius 1 is 1.31 bits per heavy atom. The predicted molar refractivity (Wildman–Crippen MR) is 160 cm³/mol. The molecule has 0 radical (unpaired) electrons. The number of halogens is 1. The maximum absolute atomic E-state index is 13.0. The number of H-pyrrole nitrogens is 1. The first-order valence-electron chi connectivity index (χ1n) is 12.6. The number of carbonyl (C=O) groups is 3. The highest BCUT2D eigenvalue weighted by atomic mass is 35.5. The number of imidazole rings is 1. The van der Waals surface area contributed by atoms with Crippen LogP contribution in [0.15, 0.2) is 58.9 Å². The molecule has 0 saturated carbocycles. The predicted octanol–water partition coefficient (Wildman–Crippen LogP) is 4.45. The van der Waals surface area contributed by atoms with Gasteiger partial charge < -0.3 is 19.8 Å². The van der Waals surface area contributed by atoms with Crippen LogP contribution in [0, 0.1) is 0 Å². The average molecular weight is 594 g/mol. The lowest BCUT2D eigenvalue weighted by atomic mass is 10.1. The number of hydrazine groups is 1. The molecule has 14 nitrogen and oxygen atoms in total. The second kappa shape index (κ2) is 13.9. The van der Waals surface area contributed by atoms with Crippen LogP contribution >= 0.6 is 11.6 Å². The molecule has 0 fully saturated rings. The van der Waals surface area contributed by atoms with E-state index in [0.29, 0.717) is 57.6 Å². The van der Waals surface area contributed by atoms with Crippen LogP contribution in [0.25, 0.3) is 17.3 Å². The van der Waals surface area contributed by atoms with Crippen molar-refractivity contribution >= 4 is 65.9 Å². The number of aromatic nitrogens is 2. The molecule has 3 aromatic rings. The lowest BCUT2D eigenvalue weighted by Gasteiger charge is -2.18. The van der Waals surface area contributed by atoms with Crippen molar-refractivity contribution in [1.29, 1.82) is 0 Å². The van der Waals surface area contributed by atoms with Gasteiger partial charge in [-0.05, 0) is 55.3 Å². The third-order valence-corrected chi connectivity index (χ3v) is 6.27. The minimum absolute atomic E-state index is 0.0936. The number of carbonyl (C=O) groups excluding carboxylic acids is 3. The first-order valence-corrected chi connectivity index (χ1v) is 12.9. The van der Waals surface area contributed by atoms with E-state index in [4.69, 9.17) is 22.2 Å². The van der Waals surface area contributed by atoms with Crippen molar-refractivity contribution in [3.8, 4) is 11.3 Å². The largest absolute Gasteiger partial charge is 0.453 e. The minimum atomic E-state index is -0.671. The van der Waals surface area contributed by atoms with E-state index < -0.39 is 24.1 Å². The van der Waals surface area contributed by atoms with Crippen LogP contribution < -0.4 is 26.8 Å². The highest BCUT2D eigenvalue weighted by Crippen LogP contribution is 2.32. The smallest absolute Gasteiger partial charge is 0.411 e. The quantitative estimate of drug-likeness (QED) is 0.0873. The van der Waals surface area contributed by atoms with Crippen LogP contribution in [0.1, 0.15) is 30.3 Å². The van der Waals surface area contributed by atoms with Crippen molar-refractivity contribution in [2.24, 2.45) is 16.0 Å². The topological polar surface area (TPSA) is 188 Å². The molecule has 3 amide bonds. The molecule has 1 atom stereocenters. The first kappa shape index (κ1) is 29.8. The Labute approximate surface area is 245 Å². The van der Waals surface area contributed by atoms with Gasteiger partial charge in [-0.2, -0.15) is 5.10 Å². The number of benzene rings is 2. The maximum Gasteiger partial charge on any atom is 0.411 e. The van der Waals surface area contributed by atoms with Gasteiger partial charge in [-0.25, -0.2) is 20.4 Å². The highest BCUT2D eigenvalue weighted by molar-refractivity contribution is 6.30. The van der Waals surface area contributed by atoms with Gasteiger partial charge in [0.15, 0.2) is 0 Å². The number of fused-ring (bicyclic) bond motifs is 4. The number of cyclic esters (lactones) is 1. The molecule has 1 aliphatic rings. The SMILES string of the molecule is C=N/N=C\N(N)c1ccc(Cl)cc1/C=C/C(=O)N[C@H]1CCCOC(=O)Nc2cc(NC(=O)OC)ccc2-c2cnc1[nH]2. The molecule has 0 unspecified atom stereocenters. The zero-order chi connectivity index (χ0) is 30.1. The number of hydrogen-bond acceptors (Lipinski definition) is 9. The summed E-state index contributed by atoms with van der Waals surface area (Å²) in [6.07, 6.45) is 5.31. The van der Waals surface area contributed by atoms with Crippen molar-refractivity contribution in [3.05, 3.63) is 65.1 Å². The first-order chi connectivity index (χ1) is 20.3. The molecule has 6 N–H and O–H groups in total. The monoisotopic (exact) mass is 593 g/mol. The van der Waals surface area contributed by atoms with Gasteiger partial charge in [0, 0.05) is 34.6 Å². The molecular formula is C27H28ClN9O5. The Bertz CT molecular complexity index is 1540. The van der Waals surface area contributed by atoms with Crippen molar-refractivity contribution in [2.45, 2.75) is 18.9 Å². The third-order valence-electron chi connectivity index (χ3n) is 6.03. The van der Waals surface area contributed by atoms with Gasteiger partial charge in [0.05, 0.1) is 43.0 Å². The molecule has 2 heterocycles. The molecule has 1 aliphatic heterocycles. The summed E-state index contributed by atoms with van der Waals surface area (Å²) in [5, 5.41) is 16.9. The lowest BCUT2D eigenvalue weighted by Crippen LogP contribution is -2.29. The Morgan fingerprint density at radius 2 is 2.14 bits per heavy atom. The number of hydrogen-bond donors (Lipinski definition) is 5. The van der Waals surface area contributed by atoms with Crippen LogP contribution in [0.3, 0.4) is 0 Å². The number of rotatable bonds is 7. The normalized spacial score (nSPS) is 15.0. The van der Waals surface area contributed by atoms with Crippen molar-refractivity contribution in [3.63, 3.8) is 0 Å². The van der Waals surface area contributed by atoms with E-state index in [1.165, 1.54) is 24.5 Å². The van der Waals surface area contributed by atoms with Gasteiger partial charge in [-0.3, -0.25) is 20.4 Å². The van der Waals surface area contributed by atoms with Crippen molar-refractivity contribution in [1.82, 2.24) is 15.3 Å². The van der Waals surface area contributed by atoms with Crippen LogP contribution in [-0.4, -0.2) is 54.8 Å². The van der Waals surface area contributed by atoms with Gasteiger partial charge in [-0.15, -0.1) is 5.10 Å². The fourth-order valence-corrected chi connectivity index (χ4v) is 4.27. The van der Waals surface area contributed by atoms with E-state index in [1.807, 2.05) is 0 Å². The maximum atomic E-state index is 13.0. The second-order valence-corrected chi connectivity index (χ2v) is 9.28. The van der Waals surface area contributed by atoms with Gasteiger partial charge in [0.1, 0.15) is 12.2 Å². The number of nitrogens with one attached hydrogen (secondary N) is 4. The number of ether oxygens (including phenoxy) is 2. The number of anilines is 3. The summed E-state index contributed by atoms with van der Waals surface area (Å²) in [4.78, 5) is 44.8. The Hall–Kier alpha value is -5.21. The standard InChI is InChI=1S/C27H28ClN9O5/c1-30-32-15-37(29)23-9-6-17(28)12-16(23)5-10-24(38)34-20-4-3-11-42-27(40)36-21-13-18(33-26(39)41-2)7-8-19(21)22-14-31-25(20)35-22/h5-10,12-15,20H,1,3-4,11,29H2,2H3,(H,31,35)(H,33,39)(H,34,38)(H,36,40)/b10-5+,32-15-/t20-/m0/s1. The van der Waals surface area contributed by atoms with Gasteiger partial charge >= 0.3 is 12.2 Å². The van der Waals surface area contributed by atoms with E-state index in [0.717, 1.165) is 0 Å². The molecule has 218 valence electrons. The van der Waals surface area contributed by atoms with Crippen LogP contribution in [0.4, 0.5) is 26.7 Å². The van der Waals surface area contributed by atoms with E-state index in [-0.39, 0.29) is 6.61 Å². The number of aromatic amines is 1. The number of methoxy groups -OCH3 is 1. The van der Waals surface area contributed by atoms with E-state index in [1.54, 1.807) is 48.7 Å². The summed E-state index contributed by atoms with van der Waals surface area (Å²) in [6.45, 7) is 3.37. The molecule has 0 spiro atoms. The average Bonchev–Trinajstić information content (AvgIpc) is 3.46. The van der Waals surface area contributed by atoms with Crippen LogP contribution in [0.5, 0.6) is 0 Å². The number of amides is 3. The second-order valence-electron chi connectivity index (χ2n) is 8.84. The summed E-state index contributed by atoms with van der Waals surface area (Å²) in [5.41, 5.74) is 3.01. The van der Waals surface area contributed by atoms with Gasteiger partial charge in [0.2, 0.25) is 5.91 Å². The zero-order valence-electron chi connectivity index (χ0n) is 22.5. The molecular weight excluding hydrogens is 566 g/mol. The molecule has 0 aliphatic carbocycles. The third kappa shape index (κ3) is 7.71. The fraction of sp³-hybridized carbons (Fsp3) is 0.185.